The van der Waals surface area contributed by atoms with E-state index >= 15 is 0 Å². The van der Waals surface area contributed by atoms with E-state index in [1.165, 1.54) is 26.2 Å². The molecule has 0 bridgehead atoms. The summed E-state index contributed by atoms with van der Waals surface area (Å²) in [5.74, 6) is 1.23. The third kappa shape index (κ3) is 2.64. The molecular weight excluding hydrogens is 206 g/mol. The first-order valence-electron chi connectivity index (χ1n) is 5.60. The van der Waals surface area contributed by atoms with Gasteiger partial charge in [0.05, 0.1) is 19.2 Å². The number of esters is 1. The summed E-state index contributed by atoms with van der Waals surface area (Å²) in [6.07, 6.45) is 4.07. The summed E-state index contributed by atoms with van der Waals surface area (Å²) in [6, 6.07) is 2.24. The minimum absolute atomic E-state index is 0.356. The Morgan fingerprint density at radius 3 is 3.06 bits per heavy atom. The highest BCUT2D eigenvalue weighted by atomic mass is 16.5. The monoisotopic (exact) mass is 223 g/mol. The summed E-state index contributed by atoms with van der Waals surface area (Å²) in [5, 5.41) is 3.39. The highest BCUT2D eigenvalue weighted by molar-refractivity contribution is 5.88. The number of hydrogen-bond acceptors (Lipinski definition) is 4. The molecule has 4 nitrogen and oxygen atoms in total. The molecule has 0 amide bonds. The van der Waals surface area contributed by atoms with Gasteiger partial charge >= 0.3 is 5.97 Å². The van der Waals surface area contributed by atoms with Crippen molar-refractivity contribution in [2.24, 2.45) is 5.92 Å². The Hall–Kier alpha value is -1.29. The Morgan fingerprint density at radius 1 is 1.69 bits per heavy atom. The van der Waals surface area contributed by atoms with E-state index in [4.69, 9.17) is 4.42 Å². The highest BCUT2D eigenvalue weighted by Gasteiger charge is 2.27. The Labute approximate surface area is 95.0 Å². The van der Waals surface area contributed by atoms with Gasteiger partial charge in [-0.05, 0) is 31.7 Å². The SMILES string of the molecule is COC(=O)c1coc(CNC(C)C2CC2)c1. The van der Waals surface area contributed by atoms with Crippen LogP contribution in [0.3, 0.4) is 0 Å². The first-order chi connectivity index (χ1) is 7.70. The average molecular weight is 223 g/mol. The van der Waals surface area contributed by atoms with Crippen LogP contribution in [0.15, 0.2) is 16.7 Å². The predicted octanol–water partition coefficient (Wildman–Crippen LogP) is 1.95. The van der Waals surface area contributed by atoms with Gasteiger partial charge in [-0.25, -0.2) is 4.79 Å². The maximum atomic E-state index is 11.2. The number of methoxy groups -OCH3 is 1. The second-order valence-electron chi connectivity index (χ2n) is 4.30. The summed E-state index contributed by atoms with van der Waals surface area (Å²) in [7, 11) is 1.36. The Balaban J connectivity index is 1.84. The maximum absolute atomic E-state index is 11.2. The van der Waals surface area contributed by atoms with Crippen molar-refractivity contribution < 1.29 is 13.9 Å². The topological polar surface area (TPSA) is 51.5 Å². The number of ether oxygens (including phenoxy) is 1. The van der Waals surface area contributed by atoms with Crippen LogP contribution in [0.1, 0.15) is 35.9 Å². The summed E-state index contributed by atoms with van der Waals surface area (Å²) >= 11 is 0. The minimum atomic E-state index is -0.356. The lowest BCUT2D eigenvalue weighted by Gasteiger charge is -2.10. The van der Waals surface area contributed by atoms with E-state index in [0.29, 0.717) is 18.2 Å². The van der Waals surface area contributed by atoms with E-state index in [1.54, 1.807) is 6.07 Å². The standard InChI is InChI=1S/C12H17NO3/c1-8(9-3-4-9)13-6-11-5-10(7-16-11)12(14)15-2/h5,7-9,13H,3-4,6H2,1-2H3. The zero-order chi connectivity index (χ0) is 11.5. The minimum Gasteiger partial charge on any atom is -0.467 e. The molecule has 16 heavy (non-hydrogen) atoms. The van der Waals surface area contributed by atoms with Gasteiger partial charge in [-0.2, -0.15) is 0 Å². The van der Waals surface area contributed by atoms with Crippen molar-refractivity contribution in [1.29, 1.82) is 0 Å². The van der Waals surface area contributed by atoms with Gasteiger partial charge in [0.15, 0.2) is 0 Å². The predicted molar refractivity (Wildman–Crippen MR) is 59.1 cm³/mol. The van der Waals surface area contributed by atoms with E-state index in [0.717, 1.165) is 11.7 Å². The number of carbonyl (C=O) groups is 1. The number of nitrogens with one attached hydrogen (secondary N) is 1. The molecular formula is C12H17NO3. The lowest BCUT2D eigenvalue weighted by molar-refractivity contribution is 0.0600. The van der Waals surface area contributed by atoms with Gasteiger partial charge in [0.25, 0.3) is 0 Å². The Bertz CT molecular complexity index is 368. The van der Waals surface area contributed by atoms with Gasteiger partial charge in [0.2, 0.25) is 0 Å². The summed E-state index contributed by atoms with van der Waals surface area (Å²) in [5.41, 5.74) is 0.471. The number of rotatable bonds is 5. The quantitative estimate of drug-likeness (QED) is 0.775. The zero-order valence-corrected chi connectivity index (χ0v) is 9.66. The van der Waals surface area contributed by atoms with Crippen molar-refractivity contribution in [2.45, 2.75) is 32.4 Å². The van der Waals surface area contributed by atoms with Crippen LogP contribution in [-0.2, 0) is 11.3 Å². The van der Waals surface area contributed by atoms with E-state index < -0.39 is 0 Å². The van der Waals surface area contributed by atoms with E-state index in [9.17, 15) is 4.79 Å². The first kappa shape index (κ1) is 11.2. The normalized spacial score (nSPS) is 17.1. The van der Waals surface area contributed by atoms with Gasteiger partial charge in [-0.1, -0.05) is 0 Å². The van der Waals surface area contributed by atoms with Gasteiger partial charge < -0.3 is 14.5 Å². The van der Waals surface area contributed by atoms with Crippen LogP contribution in [0.2, 0.25) is 0 Å². The van der Waals surface area contributed by atoms with E-state index in [2.05, 4.69) is 17.0 Å². The van der Waals surface area contributed by atoms with Crippen molar-refractivity contribution in [3.63, 3.8) is 0 Å². The largest absolute Gasteiger partial charge is 0.467 e. The maximum Gasteiger partial charge on any atom is 0.341 e. The van der Waals surface area contributed by atoms with Crippen LogP contribution >= 0.6 is 0 Å². The molecule has 0 radical (unpaired) electrons. The highest BCUT2D eigenvalue weighted by Crippen LogP contribution is 2.32. The molecule has 1 aliphatic carbocycles. The van der Waals surface area contributed by atoms with Crippen LogP contribution in [0.4, 0.5) is 0 Å². The van der Waals surface area contributed by atoms with E-state index in [1.807, 2.05) is 0 Å². The molecule has 1 unspecified atom stereocenters. The third-order valence-electron chi connectivity index (χ3n) is 3.00. The van der Waals surface area contributed by atoms with Gasteiger partial charge in [0, 0.05) is 6.04 Å². The summed E-state index contributed by atoms with van der Waals surface area (Å²) in [4.78, 5) is 11.2. The van der Waals surface area contributed by atoms with Crippen molar-refractivity contribution in [3.8, 4) is 0 Å². The molecule has 1 aliphatic rings. The smallest absolute Gasteiger partial charge is 0.341 e. The van der Waals surface area contributed by atoms with Crippen molar-refractivity contribution in [3.05, 3.63) is 23.7 Å². The number of furan rings is 1. The molecule has 1 aromatic heterocycles. The molecule has 1 atom stereocenters. The first-order valence-corrected chi connectivity index (χ1v) is 5.60. The molecule has 0 spiro atoms. The molecule has 0 aliphatic heterocycles. The van der Waals surface area contributed by atoms with Crippen LogP contribution in [0.5, 0.6) is 0 Å². The molecule has 2 rings (SSSR count). The fourth-order valence-electron chi connectivity index (χ4n) is 1.72. The summed E-state index contributed by atoms with van der Waals surface area (Å²) < 4.78 is 9.88. The molecule has 0 saturated heterocycles. The summed E-state index contributed by atoms with van der Waals surface area (Å²) in [6.45, 7) is 2.84. The van der Waals surface area contributed by atoms with Crippen LogP contribution in [-0.4, -0.2) is 19.1 Å². The lowest BCUT2D eigenvalue weighted by Crippen LogP contribution is -2.26. The van der Waals surface area contributed by atoms with Gasteiger partial charge in [-0.3, -0.25) is 0 Å². The Morgan fingerprint density at radius 2 is 2.44 bits per heavy atom. The third-order valence-corrected chi connectivity index (χ3v) is 3.00. The molecule has 1 heterocycles. The molecule has 1 N–H and O–H groups in total. The van der Waals surface area contributed by atoms with E-state index in [-0.39, 0.29) is 5.97 Å². The molecule has 1 aromatic rings. The molecule has 1 saturated carbocycles. The fraction of sp³-hybridized carbons (Fsp3) is 0.583. The second kappa shape index (κ2) is 4.70. The number of hydrogen-bond donors (Lipinski definition) is 1. The molecule has 0 aromatic carbocycles. The van der Waals surface area contributed by atoms with Crippen LogP contribution in [0.25, 0.3) is 0 Å². The average Bonchev–Trinajstić information content (AvgIpc) is 3.04. The Kier molecular flexibility index (Phi) is 3.29. The van der Waals surface area contributed by atoms with Crippen molar-refractivity contribution in [2.75, 3.05) is 7.11 Å². The number of carbonyl (C=O) groups excluding carboxylic acids is 1. The van der Waals surface area contributed by atoms with Crippen LogP contribution < -0.4 is 5.32 Å². The van der Waals surface area contributed by atoms with Crippen LogP contribution in [0, 0.1) is 5.92 Å². The van der Waals surface area contributed by atoms with Crippen molar-refractivity contribution >= 4 is 5.97 Å². The van der Waals surface area contributed by atoms with Gasteiger partial charge in [0.1, 0.15) is 12.0 Å². The molecule has 1 fully saturated rings. The second-order valence-corrected chi connectivity index (χ2v) is 4.30. The zero-order valence-electron chi connectivity index (χ0n) is 9.66. The molecule has 88 valence electrons. The fourth-order valence-corrected chi connectivity index (χ4v) is 1.72. The van der Waals surface area contributed by atoms with Gasteiger partial charge in [-0.15, -0.1) is 0 Å². The van der Waals surface area contributed by atoms with Crippen molar-refractivity contribution in [1.82, 2.24) is 5.32 Å². The molecule has 4 heteroatoms. The lowest BCUT2D eigenvalue weighted by atomic mass is 10.2.